The van der Waals surface area contributed by atoms with Crippen molar-refractivity contribution >= 4 is 34.7 Å². The van der Waals surface area contributed by atoms with E-state index in [9.17, 15) is 14.7 Å². The van der Waals surface area contributed by atoms with Crippen LogP contribution in [-0.4, -0.2) is 36.5 Å². The number of halogens is 1. The number of nitrogens with one attached hydrogen (secondary N) is 1. The van der Waals surface area contributed by atoms with Crippen LogP contribution in [0.15, 0.2) is 12.1 Å². The number of hydrogen-bond donors (Lipinski definition) is 2. The van der Waals surface area contributed by atoms with Crippen molar-refractivity contribution < 1.29 is 14.7 Å². The van der Waals surface area contributed by atoms with E-state index >= 15 is 0 Å². The first-order valence-corrected chi connectivity index (χ1v) is 6.36. The number of rotatable bonds is 4. The molecule has 0 aromatic heterocycles. The molecule has 1 aliphatic heterocycles. The third-order valence-electron chi connectivity index (χ3n) is 3.08. The van der Waals surface area contributed by atoms with Crippen molar-refractivity contribution in [1.29, 1.82) is 0 Å². The highest BCUT2D eigenvalue weighted by Gasteiger charge is 2.29. The van der Waals surface area contributed by atoms with E-state index < -0.39 is 17.8 Å². The second kappa shape index (κ2) is 5.19. The Labute approximate surface area is 116 Å². The summed E-state index contributed by atoms with van der Waals surface area (Å²) in [5.74, 6) is -1.19. The quantitative estimate of drug-likeness (QED) is 0.825. The Morgan fingerprint density at radius 2 is 2.11 bits per heavy atom. The number of carbonyl (C=O) groups is 2. The Balaban J connectivity index is 2.27. The third-order valence-corrected chi connectivity index (χ3v) is 3.38. The van der Waals surface area contributed by atoms with Gasteiger partial charge in [0, 0.05) is 13.6 Å². The van der Waals surface area contributed by atoms with Gasteiger partial charge in [0.05, 0.1) is 28.1 Å². The van der Waals surface area contributed by atoms with E-state index in [-0.39, 0.29) is 0 Å². The van der Waals surface area contributed by atoms with Gasteiger partial charge < -0.3 is 15.3 Å². The molecule has 6 heteroatoms. The summed E-state index contributed by atoms with van der Waals surface area (Å²) < 4.78 is 0. The van der Waals surface area contributed by atoms with Crippen molar-refractivity contribution in [3.63, 3.8) is 0 Å². The molecule has 1 unspecified atom stereocenters. The van der Waals surface area contributed by atoms with E-state index in [1.54, 1.807) is 13.0 Å². The summed E-state index contributed by atoms with van der Waals surface area (Å²) >= 11 is 6.14. The standard InChI is InChI=1S/C13H15ClN2O3/c1-7(17)3-4-16(2)11-6-10-8(5-9(11)14)12(18)13(19)15-10/h5-7,17H,3-4H2,1-2H3,(H,15,18,19). The Bertz CT molecular complexity index is 543. The minimum Gasteiger partial charge on any atom is -0.393 e. The monoisotopic (exact) mass is 282 g/mol. The van der Waals surface area contributed by atoms with E-state index in [1.807, 2.05) is 11.9 Å². The summed E-state index contributed by atoms with van der Waals surface area (Å²) in [6, 6.07) is 3.19. The Morgan fingerprint density at radius 1 is 1.42 bits per heavy atom. The lowest BCUT2D eigenvalue weighted by atomic mass is 10.1. The van der Waals surface area contributed by atoms with Crippen molar-refractivity contribution in [1.82, 2.24) is 0 Å². The van der Waals surface area contributed by atoms with Gasteiger partial charge in [-0.25, -0.2) is 0 Å². The maximum absolute atomic E-state index is 11.5. The number of hydrogen-bond acceptors (Lipinski definition) is 4. The predicted octanol–water partition coefficient (Wildman–Crippen LogP) is 1.68. The molecule has 0 bridgehead atoms. The van der Waals surface area contributed by atoms with Crippen LogP contribution in [0.5, 0.6) is 0 Å². The first-order valence-electron chi connectivity index (χ1n) is 5.98. The molecule has 2 rings (SSSR count). The van der Waals surface area contributed by atoms with E-state index in [2.05, 4.69) is 5.32 Å². The molecule has 0 fully saturated rings. The summed E-state index contributed by atoms with van der Waals surface area (Å²) in [6.45, 7) is 2.34. The molecule has 1 heterocycles. The Morgan fingerprint density at radius 3 is 2.74 bits per heavy atom. The number of ketones is 1. The molecule has 1 aromatic rings. The molecule has 102 valence electrons. The van der Waals surface area contributed by atoms with Gasteiger partial charge in [0.2, 0.25) is 0 Å². The average molecular weight is 283 g/mol. The van der Waals surface area contributed by atoms with Crippen LogP contribution >= 0.6 is 11.6 Å². The molecule has 0 saturated heterocycles. The van der Waals surface area contributed by atoms with Gasteiger partial charge in [-0.05, 0) is 25.5 Å². The molecule has 1 aliphatic rings. The third kappa shape index (κ3) is 2.72. The number of aliphatic hydroxyl groups is 1. The summed E-state index contributed by atoms with van der Waals surface area (Å²) in [6.07, 6.45) is 0.215. The van der Waals surface area contributed by atoms with Crippen LogP contribution in [0, 0.1) is 0 Å². The van der Waals surface area contributed by atoms with E-state index in [0.717, 1.165) is 5.69 Å². The van der Waals surface area contributed by atoms with Gasteiger partial charge in [0.1, 0.15) is 0 Å². The molecule has 2 N–H and O–H groups in total. The summed E-state index contributed by atoms with van der Waals surface area (Å²) in [5, 5.41) is 12.2. The van der Waals surface area contributed by atoms with Crippen LogP contribution in [0.1, 0.15) is 23.7 Å². The van der Waals surface area contributed by atoms with E-state index in [0.29, 0.717) is 29.2 Å². The molecular weight excluding hydrogens is 268 g/mol. The van der Waals surface area contributed by atoms with Gasteiger partial charge >= 0.3 is 0 Å². The highest BCUT2D eigenvalue weighted by atomic mass is 35.5. The Kier molecular flexibility index (Phi) is 3.78. The van der Waals surface area contributed by atoms with Crippen molar-refractivity contribution in [2.75, 3.05) is 23.8 Å². The van der Waals surface area contributed by atoms with Gasteiger partial charge in [0.25, 0.3) is 11.7 Å². The molecule has 0 spiro atoms. The highest BCUT2D eigenvalue weighted by Crippen LogP contribution is 2.34. The Hall–Kier alpha value is -1.59. The number of carbonyl (C=O) groups excluding carboxylic acids is 2. The van der Waals surface area contributed by atoms with Gasteiger partial charge in [0.15, 0.2) is 0 Å². The predicted molar refractivity (Wildman–Crippen MR) is 74.0 cm³/mol. The number of anilines is 2. The smallest absolute Gasteiger partial charge is 0.296 e. The fraction of sp³-hybridized carbons (Fsp3) is 0.385. The minimum absolute atomic E-state index is 0.308. The molecule has 0 aliphatic carbocycles. The molecule has 1 aromatic carbocycles. The van der Waals surface area contributed by atoms with Crippen LogP contribution in [0.25, 0.3) is 0 Å². The summed E-state index contributed by atoms with van der Waals surface area (Å²) in [5.41, 5.74) is 1.51. The first-order chi connectivity index (χ1) is 8.90. The zero-order valence-corrected chi connectivity index (χ0v) is 11.5. The highest BCUT2D eigenvalue weighted by molar-refractivity contribution is 6.52. The van der Waals surface area contributed by atoms with Gasteiger partial charge in [-0.15, -0.1) is 0 Å². The molecule has 5 nitrogen and oxygen atoms in total. The summed E-state index contributed by atoms with van der Waals surface area (Å²) in [4.78, 5) is 24.7. The van der Waals surface area contributed by atoms with Crippen molar-refractivity contribution in [2.24, 2.45) is 0 Å². The molecule has 1 amide bonds. The van der Waals surface area contributed by atoms with E-state index in [1.165, 1.54) is 6.07 Å². The first kappa shape index (κ1) is 13.8. The van der Waals surface area contributed by atoms with E-state index in [4.69, 9.17) is 11.6 Å². The lowest BCUT2D eigenvalue weighted by Crippen LogP contribution is -2.22. The fourth-order valence-corrected chi connectivity index (χ4v) is 2.26. The molecule has 0 saturated carbocycles. The maximum atomic E-state index is 11.5. The summed E-state index contributed by atoms with van der Waals surface area (Å²) in [7, 11) is 1.84. The second-order valence-electron chi connectivity index (χ2n) is 4.69. The van der Waals surface area contributed by atoms with Crippen LogP contribution in [-0.2, 0) is 4.79 Å². The molecular formula is C13H15ClN2O3. The lowest BCUT2D eigenvalue weighted by Gasteiger charge is -2.22. The number of Topliss-reactive ketones (excluding diaryl/α,β-unsaturated/α-hetero) is 1. The number of amides is 1. The van der Waals surface area contributed by atoms with Crippen LogP contribution in [0.2, 0.25) is 5.02 Å². The zero-order chi connectivity index (χ0) is 14.2. The minimum atomic E-state index is -0.630. The van der Waals surface area contributed by atoms with Crippen molar-refractivity contribution in [3.05, 3.63) is 22.7 Å². The zero-order valence-electron chi connectivity index (χ0n) is 10.7. The van der Waals surface area contributed by atoms with Crippen LogP contribution in [0.3, 0.4) is 0 Å². The largest absolute Gasteiger partial charge is 0.393 e. The molecule has 19 heavy (non-hydrogen) atoms. The van der Waals surface area contributed by atoms with Gasteiger partial charge in [-0.3, -0.25) is 9.59 Å². The number of fused-ring (bicyclic) bond motifs is 1. The average Bonchev–Trinajstić information content (AvgIpc) is 2.61. The molecule has 0 radical (unpaired) electrons. The maximum Gasteiger partial charge on any atom is 0.296 e. The number of nitrogens with zero attached hydrogens (tertiary/aromatic N) is 1. The van der Waals surface area contributed by atoms with Crippen molar-refractivity contribution in [2.45, 2.75) is 19.4 Å². The second-order valence-corrected chi connectivity index (χ2v) is 5.10. The van der Waals surface area contributed by atoms with Crippen LogP contribution in [0.4, 0.5) is 11.4 Å². The topological polar surface area (TPSA) is 69.6 Å². The van der Waals surface area contributed by atoms with Crippen molar-refractivity contribution in [3.8, 4) is 0 Å². The van der Waals surface area contributed by atoms with Crippen LogP contribution < -0.4 is 10.2 Å². The normalized spacial score (nSPS) is 15.2. The molecule has 1 atom stereocenters. The number of benzene rings is 1. The fourth-order valence-electron chi connectivity index (χ4n) is 1.95. The lowest BCUT2D eigenvalue weighted by molar-refractivity contribution is -0.112. The SMILES string of the molecule is CC(O)CCN(C)c1cc2c(cc1Cl)C(=O)C(=O)N2. The van der Waals surface area contributed by atoms with Gasteiger partial charge in [-0.1, -0.05) is 11.6 Å². The van der Waals surface area contributed by atoms with Gasteiger partial charge in [-0.2, -0.15) is 0 Å². The number of aliphatic hydroxyl groups excluding tert-OH is 1.